The van der Waals surface area contributed by atoms with Crippen molar-refractivity contribution in [1.29, 1.82) is 0 Å². The Balaban J connectivity index is 1.99. The molecular weight excluding hydrogens is 202 g/mol. The fourth-order valence-corrected chi connectivity index (χ4v) is 1.71. The van der Waals surface area contributed by atoms with Crippen LogP contribution in [0, 0.1) is 6.92 Å². The Kier molecular flexibility index (Phi) is 3.34. The average molecular weight is 221 g/mol. The maximum Gasteiger partial charge on any atom is 0.143 e. The Labute approximate surface area is 96.8 Å². The van der Waals surface area contributed by atoms with E-state index in [0.717, 1.165) is 18.0 Å². The van der Waals surface area contributed by atoms with Gasteiger partial charge in [0, 0.05) is 0 Å². The molecule has 1 aliphatic rings. The summed E-state index contributed by atoms with van der Waals surface area (Å²) in [5.41, 5.74) is 2.29. The summed E-state index contributed by atoms with van der Waals surface area (Å²) in [6, 6.07) is 6.20. The molecule has 88 valence electrons. The van der Waals surface area contributed by atoms with Gasteiger partial charge in [-0.25, -0.2) is 0 Å². The van der Waals surface area contributed by atoms with E-state index < -0.39 is 0 Å². The molecule has 0 saturated heterocycles. The molecular formula is C13H19NO2. The molecule has 1 aliphatic heterocycles. The van der Waals surface area contributed by atoms with Crippen LogP contribution in [-0.2, 0) is 4.74 Å². The highest BCUT2D eigenvalue weighted by molar-refractivity contribution is 5.59. The van der Waals surface area contributed by atoms with Gasteiger partial charge in [-0.1, -0.05) is 6.07 Å². The van der Waals surface area contributed by atoms with E-state index in [0.29, 0.717) is 6.61 Å². The second kappa shape index (κ2) is 4.74. The second-order valence-corrected chi connectivity index (χ2v) is 4.50. The molecule has 1 aromatic carbocycles. The predicted molar refractivity (Wildman–Crippen MR) is 65.2 cm³/mol. The van der Waals surface area contributed by atoms with Crippen molar-refractivity contribution < 1.29 is 9.47 Å². The maximum atomic E-state index is 5.88. The quantitative estimate of drug-likeness (QED) is 0.851. The first-order chi connectivity index (χ1) is 7.65. The Hall–Kier alpha value is -1.22. The first kappa shape index (κ1) is 11.3. The van der Waals surface area contributed by atoms with E-state index in [9.17, 15) is 0 Å². The fourth-order valence-electron chi connectivity index (χ4n) is 1.71. The molecule has 0 saturated carbocycles. The highest BCUT2D eigenvalue weighted by Crippen LogP contribution is 2.29. The summed E-state index contributed by atoms with van der Waals surface area (Å²) in [4.78, 5) is 0. The Morgan fingerprint density at radius 1 is 1.50 bits per heavy atom. The standard InChI is InChI=1S/C13H19NO2/c1-9(2)15-8-11-7-14-12-5-4-10(3)6-13(12)16-11/h4-6,9,11,14H,7-8H2,1-3H3. The van der Waals surface area contributed by atoms with Crippen LogP contribution in [0.4, 0.5) is 5.69 Å². The normalized spacial score (nSPS) is 18.9. The van der Waals surface area contributed by atoms with E-state index in [1.807, 2.05) is 13.8 Å². The summed E-state index contributed by atoms with van der Waals surface area (Å²) in [6.45, 7) is 7.58. The van der Waals surface area contributed by atoms with Crippen LogP contribution >= 0.6 is 0 Å². The van der Waals surface area contributed by atoms with E-state index in [-0.39, 0.29) is 12.2 Å². The number of fused-ring (bicyclic) bond motifs is 1. The molecule has 1 unspecified atom stereocenters. The molecule has 0 radical (unpaired) electrons. The molecule has 0 spiro atoms. The Morgan fingerprint density at radius 2 is 2.31 bits per heavy atom. The van der Waals surface area contributed by atoms with Crippen molar-refractivity contribution in [2.75, 3.05) is 18.5 Å². The van der Waals surface area contributed by atoms with Crippen LogP contribution in [0.1, 0.15) is 19.4 Å². The lowest BCUT2D eigenvalue weighted by atomic mass is 10.1. The lowest BCUT2D eigenvalue weighted by Gasteiger charge is -2.28. The van der Waals surface area contributed by atoms with Gasteiger partial charge in [0.2, 0.25) is 0 Å². The number of benzene rings is 1. The van der Waals surface area contributed by atoms with E-state index in [2.05, 4.69) is 30.4 Å². The van der Waals surface area contributed by atoms with Gasteiger partial charge in [-0.2, -0.15) is 0 Å². The van der Waals surface area contributed by atoms with Crippen LogP contribution < -0.4 is 10.1 Å². The van der Waals surface area contributed by atoms with Gasteiger partial charge < -0.3 is 14.8 Å². The van der Waals surface area contributed by atoms with Gasteiger partial charge in [0.15, 0.2) is 0 Å². The summed E-state index contributed by atoms with van der Waals surface area (Å²) >= 11 is 0. The smallest absolute Gasteiger partial charge is 0.143 e. The molecule has 0 aliphatic carbocycles. The Morgan fingerprint density at radius 3 is 3.06 bits per heavy atom. The third-order valence-corrected chi connectivity index (χ3v) is 2.57. The van der Waals surface area contributed by atoms with E-state index in [1.165, 1.54) is 5.56 Å². The van der Waals surface area contributed by atoms with Crippen LogP contribution in [0.2, 0.25) is 0 Å². The third kappa shape index (κ3) is 2.67. The largest absolute Gasteiger partial charge is 0.484 e. The van der Waals surface area contributed by atoms with Crippen molar-refractivity contribution in [2.45, 2.75) is 33.0 Å². The minimum absolute atomic E-state index is 0.108. The molecule has 1 aromatic rings. The molecule has 3 nitrogen and oxygen atoms in total. The van der Waals surface area contributed by atoms with Crippen LogP contribution in [0.25, 0.3) is 0 Å². The number of hydrogen-bond donors (Lipinski definition) is 1. The zero-order valence-electron chi connectivity index (χ0n) is 10.1. The zero-order valence-corrected chi connectivity index (χ0v) is 10.1. The van der Waals surface area contributed by atoms with E-state index in [1.54, 1.807) is 0 Å². The second-order valence-electron chi connectivity index (χ2n) is 4.50. The van der Waals surface area contributed by atoms with Gasteiger partial charge >= 0.3 is 0 Å². The Bertz CT molecular complexity index is 363. The van der Waals surface area contributed by atoms with Gasteiger partial charge in [-0.15, -0.1) is 0 Å². The summed E-state index contributed by atoms with van der Waals surface area (Å²) in [5, 5.41) is 3.36. The summed E-state index contributed by atoms with van der Waals surface area (Å²) in [7, 11) is 0. The van der Waals surface area contributed by atoms with Gasteiger partial charge in [0.25, 0.3) is 0 Å². The molecule has 0 aromatic heterocycles. The number of nitrogens with one attached hydrogen (secondary N) is 1. The summed E-state index contributed by atoms with van der Waals surface area (Å²) in [5.74, 6) is 0.934. The molecule has 0 amide bonds. The van der Waals surface area contributed by atoms with E-state index >= 15 is 0 Å². The predicted octanol–water partition coefficient (Wildman–Crippen LogP) is 2.59. The molecule has 3 heteroatoms. The molecule has 1 heterocycles. The molecule has 1 atom stereocenters. The summed E-state index contributed by atoms with van der Waals surface area (Å²) < 4.78 is 11.4. The topological polar surface area (TPSA) is 30.5 Å². The van der Waals surface area contributed by atoms with Gasteiger partial charge in [-0.3, -0.25) is 0 Å². The minimum Gasteiger partial charge on any atom is -0.484 e. The average Bonchev–Trinajstić information content (AvgIpc) is 2.25. The highest BCUT2D eigenvalue weighted by Gasteiger charge is 2.19. The molecule has 0 bridgehead atoms. The first-order valence-corrected chi connectivity index (χ1v) is 5.78. The first-order valence-electron chi connectivity index (χ1n) is 5.78. The molecule has 1 N–H and O–H groups in total. The monoisotopic (exact) mass is 221 g/mol. The molecule has 16 heavy (non-hydrogen) atoms. The van der Waals surface area contributed by atoms with Crippen molar-refractivity contribution >= 4 is 5.69 Å². The highest BCUT2D eigenvalue weighted by atomic mass is 16.5. The lowest BCUT2D eigenvalue weighted by Crippen LogP contribution is -2.35. The lowest BCUT2D eigenvalue weighted by molar-refractivity contribution is 0.0190. The molecule has 0 fully saturated rings. The number of aryl methyl sites for hydroxylation is 1. The third-order valence-electron chi connectivity index (χ3n) is 2.57. The van der Waals surface area contributed by atoms with Gasteiger partial charge in [0.05, 0.1) is 24.9 Å². The summed E-state index contributed by atoms with van der Waals surface area (Å²) in [6.07, 6.45) is 0.360. The van der Waals surface area contributed by atoms with Crippen molar-refractivity contribution in [2.24, 2.45) is 0 Å². The van der Waals surface area contributed by atoms with Crippen LogP contribution in [0.15, 0.2) is 18.2 Å². The van der Waals surface area contributed by atoms with Crippen molar-refractivity contribution in [3.8, 4) is 5.75 Å². The van der Waals surface area contributed by atoms with Gasteiger partial charge in [-0.05, 0) is 38.5 Å². The zero-order chi connectivity index (χ0) is 11.5. The number of rotatable bonds is 3. The van der Waals surface area contributed by atoms with E-state index in [4.69, 9.17) is 9.47 Å². The number of ether oxygens (including phenoxy) is 2. The van der Waals surface area contributed by atoms with Crippen LogP contribution in [0.3, 0.4) is 0 Å². The van der Waals surface area contributed by atoms with Crippen molar-refractivity contribution in [3.63, 3.8) is 0 Å². The SMILES string of the molecule is Cc1ccc2c(c1)OC(COC(C)C)CN2. The van der Waals surface area contributed by atoms with Crippen molar-refractivity contribution in [3.05, 3.63) is 23.8 Å². The molecule has 2 rings (SSSR count). The minimum atomic E-state index is 0.108. The van der Waals surface area contributed by atoms with Gasteiger partial charge in [0.1, 0.15) is 11.9 Å². The fraction of sp³-hybridized carbons (Fsp3) is 0.538. The van der Waals surface area contributed by atoms with Crippen molar-refractivity contribution in [1.82, 2.24) is 0 Å². The van der Waals surface area contributed by atoms with Crippen LogP contribution in [-0.4, -0.2) is 25.4 Å². The maximum absolute atomic E-state index is 5.88. The van der Waals surface area contributed by atoms with Crippen LogP contribution in [0.5, 0.6) is 5.75 Å². The number of anilines is 1. The number of hydrogen-bond acceptors (Lipinski definition) is 3.